The molecule has 0 saturated carbocycles. The molecule has 11 aromatic rings. The van der Waals surface area contributed by atoms with Gasteiger partial charge in [0.05, 0.1) is 22.4 Å². The van der Waals surface area contributed by atoms with Gasteiger partial charge in [-0.2, -0.15) is 0 Å². The van der Waals surface area contributed by atoms with E-state index in [1.165, 1.54) is 82.8 Å². The topological polar surface area (TPSA) is 50.5 Å². The largest absolute Gasteiger partial charge is 0.256 e. The Bertz CT molecular complexity index is 4440. The van der Waals surface area contributed by atoms with E-state index in [0.717, 1.165) is 91.4 Å². The van der Waals surface area contributed by atoms with Crippen LogP contribution in [0.25, 0.3) is 110 Å². The minimum Gasteiger partial charge on any atom is -0.256 e. The Morgan fingerprint density at radius 2 is 0.919 bits per heavy atom. The Balaban J connectivity index is 0.925. The number of pyridine rings is 2. The van der Waals surface area contributed by atoms with Crippen molar-refractivity contribution in [3.8, 4) is 44.5 Å². The lowest BCUT2D eigenvalue weighted by molar-refractivity contribution is 0.805. The third-order valence-corrected chi connectivity index (χ3v) is 16.4. The van der Waals surface area contributed by atoms with Gasteiger partial charge in [-0.05, 0) is 160 Å². The number of rotatable bonds is 6. The molecule has 5 aliphatic rings. The number of benzene rings is 9. The zero-order valence-corrected chi connectivity index (χ0v) is 40.3. The SMILES string of the molecule is C1=CC2=C(CC1)c1ccc(C3=C4N=C(c5ccc(-c6ccnc7ccccc67)cc5)N=C(c5ccc(-c6ccnc7ccccc67)cc5)C4CC(c4ccc5c6c(cccc46)-c4ccccc4-5)=C3)c3cccc2c13. The van der Waals surface area contributed by atoms with Gasteiger partial charge in [-0.1, -0.05) is 182 Å². The molecule has 4 nitrogen and oxygen atoms in total. The van der Waals surface area contributed by atoms with E-state index >= 15 is 0 Å². The molecule has 344 valence electrons. The second kappa shape index (κ2) is 16.1. The molecule has 0 saturated heterocycles. The summed E-state index contributed by atoms with van der Waals surface area (Å²) in [5.41, 5.74) is 26.4. The molecule has 1 aliphatic heterocycles. The van der Waals surface area contributed by atoms with E-state index in [4.69, 9.17) is 9.98 Å². The standard InChI is InChI=1S/C70H44N4/c1-3-13-51-49(11-1)57-18-9-17-56-46(31-33-60(51)66(56)57)45-39-62(53-32-34-61-52-14-4-2-12-50(52)58-19-10-20-59(53)67(58)61)69-63(40-45)68(43-27-23-41(24-28-43)47-35-37-71-64-21-7-5-15-54(47)64)73-70(74-69)44-29-25-42(26-30-44)48-36-38-72-65-22-8-6-16-55(48)65/h1-3,5-13,15-39,63H,4,14,40H2. The number of para-hydroxylation sites is 2. The van der Waals surface area contributed by atoms with Crippen LogP contribution in [0.1, 0.15) is 52.6 Å². The zero-order chi connectivity index (χ0) is 48.4. The molecule has 0 amide bonds. The van der Waals surface area contributed by atoms with E-state index in [9.17, 15) is 0 Å². The van der Waals surface area contributed by atoms with Crippen molar-refractivity contribution < 1.29 is 0 Å². The third kappa shape index (κ3) is 6.15. The van der Waals surface area contributed by atoms with Crippen molar-refractivity contribution in [2.75, 3.05) is 0 Å². The second-order valence-electron chi connectivity index (χ2n) is 20.2. The normalized spacial score (nSPS) is 16.2. The van der Waals surface area contributed by atoms with Crippen LogP contribution in [0.15, 0.2) is 240 Å². The molecule has 1 atom stereocenters. The maximum atomic E-state index is 5.78. The van der Waals surface area contributed by atoms with Crippen LogP contribution in [0.2, 0.25) is 0 Å². The van der Waals surface area contributed by atoms with Gasteiger partial charge in [0.25, 0.3) is 0 Å². The van der Waals surface area contributed by atoms with Crippen molar-refractivity contribution in [1.29, 1.82) is 0 Å². The average molecular weight is 941 g/mol. The van der Waals surface area contributed by atoms with Gasteiger partial charge in [-0.25, -0.2) is 9.98 Å². The summed E-state index contributed by atoms with van der Waals surface area (Å²) in [6.45, 7) is 0. The number of aliphatic imine (C=N–C) groups is 2. The molecule has 4 heteroatoms. The highest BCUT2D eigenvalue weighted by Gasteiger charge is 2.36. The molecule has 0 spiro atoms. The molecule has 3 heterocycles. The van der Waals surface area contributed by atoms with Crippen LogP contribution in [0, 0.1) is 5.92 Å². The van der Waals surface area contributed by atoms with Gasteiger partial charge >= 0.3 is 0 Å². The van der Waals surface area contributed by atoms with Gasteiger partial charge in [-0.3, -0.25) is 9.97 Å². The monoisotopic (exact) mass is 940 g/mol. The second-order valence-corrected chi connectivity index (χ2v) is 20.2. The maximum absolute atomic E-state index is 5.78. The minimum atomic E-state index is -0.138. The number of hydrogen-bond acceptors (Lipinski definition) is 4. The molecule has 0 fully saturated rings. The van der Waals surface area contributed by atoms with Crippen LogP contribution in [-0.2, 0) is 0 Å². The van der Waals surface area contributed by atoms with Crippen LogP contribution in [0.4, 0.5) is 0 Å². The summed E-state index contributed by atoms with van der Waals surface area (Å²) in [4.78, 5) is 20.8. The van der Waals surface area contributed by atoms with Gasteiger partial charge in [0.2, 0.25) is 0 Å². The van der Waals surface area contributed by atoms with Crippen molar-refractivity contribution in [1.82, 2.24) is 9.97 Å². The molecule has 0 radical (unpaired) electrons. The summed E-state index contributed by atoms with van der Waals surface area (Å²) >= 11 is 0. The fourth-order valence-electron chi connectivity index (χ4n) is 13.0. The number of allylic oxidation sites excluding steroid dienone is 8. The number of aromatic nitrogens is 2. The summed E-state index contributed by atoms with van der Waals surface area (Å²) in [5, 5.41) is 7.50. The Kier molecular flexibility index (Phi) is 8.96. The summed E-state index contributed by atoms with van der Waals surface area (Å²) < 4.78 is 0. The first kappa shape index (κ1) is 41.3. The van der Waals surface area contributed by atoms with E-state index in [2.05, 4.69) is 216 Å². The Morgan fingerprint density at radius 3 is 1.64 bits per heavy atom. The van der Waals surface area contributed by atoms with E-state index in [0.29, 0.717) is 5.84 Å². The first-order valence-electron chi connectivity index (χ1n) is 25.8. The molecule has 74 heavy (non-hydrogen) atoms. The van der Waals surface area contributed by atoms with Gasteiger partial charge in [-0.15, -0.1) is 0 Å². The fraction of sp³-hybridized carbons (Fsp3) is 0.0571. The Morgan fingerprint density at radius 1 is 0.378 bits per heavy atom. The first-order valence-corrected chi connectivity index (χ1v) is 25.8. The summed E-state index contributed by atoms with van der Waals surface area (Å²) in [7, 11) is 0. The first-order chi connectivity index (χ1) is 36.7. The van der Waals surface area contributed by atoms with Crippen molar-refractivity contribution >= 4 is 77.2 Å². The van der Waals surface area contributed by atoms with Crippen molar-refractivity contribution in [3.05, 3.63) is 264 Å². The van der Waals surface area contributed by atoms with Crippen molar-refractivity contribution in [2.45, 2.75) is 19.3 Å². The minimum absolute atomic E-state index is 0.138. The summed E-state index contributed by atoms with van der Waals surface area (Å²) in [6.07, 6.45) is 13.9. The average Bonchev–Trinajstić information content (AvgIpc) is 3.99. The van der Waals surface area contributed by atoms with E-state index in [1.807, 2.05) is 18.5 Å². The van der Waals surface area contributed by atoms with Crippen LogP contribution < -0.4 is 0 Å². The number of fused-ring (bicyclic) bond motifs is 8. The lowest BCUT2D eigenvalue weighted by atomic mass is 9.76. The smallest absolute Gasteiger partial charge is 0.159 e. The zero-order valence-electron chi connectivity index (χ0n) is 40.3. The fourth-order valence-corrected chi connectivity index (χ4v) is 13.0. The Labute approximate surface area is 428 Å². The van der Waals surface area contributed by atoms with E-state index < -0.39 is 0 Å². The van der Waals surface area contributed by atoms with Crippen LogP contribution in [-0.4, -0.2) is 21.5 Å². The van der Waals surface area contributed by atoms with Gasteiger partial charge in [0.1, 0.15) is 0 Å². The van der Waals surface area contributed by atoms with Crippen LogP contribution in [0.3, 0.4) is 0 Å². The molecule has 1 unspecified atom stereocenters. The highest BCUT2D eigenvalue weighted by molar-refractivity contribution is 6.23. The Hall–Kier alpha value is -9.38. The predicted octanol–water partition coefficient (Wildman–Crippen LogP) is 17.4. The highest BCUT2D eigenvalue weighted by Crippen LogP contribution is 2.53. The van der Waals surface area contributed by atoms with Gasteiger partial charge in [0.15, 0.2) is 5.84 Å². The van der Waals surface area contributed by atoms with E-state index in [1.54, 1.807) is 0 Å². The molecule has 0 N–H and O–H groups in total. The molecule has 2 aromatic heterocycles. The van der Waals surface area contributed by atoms with Crippen molar-refractivity contribution in [2.24, 2.45) is 15.9 Å². The van der Waals surface area contributed by atoms with Crippen molar-refractivity contribution in [3.63, 3.8) is 0 Å². The van der Waals surface area contributed by atoms with Gasteiger partial charge < -0.3 is 0 Å². The summed E-state index contributed by atoms with van der Waals surface area (Å²) in [6, 6.07) is 71.0. The maximum Gasteiger partial charge on any atom is 0.159 e. The molecule has 0 bridgehead atoms. The number of amidine groups is 1. The third-order valence-electron chi connectivity index (χ3n) is 16.4. The highest BCUT2D eigenvalue weighted by atomic mass is 15.0. The molecular formula is C70H44N4. The van der Waals surface area contributed by atoms with Gasteiger partial charge in [0, 0.05) is 40.2 Å². The summed E-state index contributed by atoms with van der Waals surface area (Å²) in [5.74, 6) is 0.577. The molecule has 16 rings (SSSR count). The quantitative estimate of drug-likeness (QED) is 0.167. The lowest BCUT2D eigenvalue weighted by Gasteiger charge is -2.32. The molecule has 9 aromatic carbocycles. The number of nitrogens with zero attached hydrogens (tertiary/aromatic N) is 4. The van der Waals surface area contributed by atoms with Crippen LogP contribution >= 0.6 is 0 Å². The molecule has 4 aliphatic carbocycles. The molecular weight excluding hydrogens is 897 g/mol. The number of hydrogen-bond donors (Lipinski definition) is 0. The predicted molar refractivity (Wildman–Crippen MR) is 308 cm³/mol. The lowest BCUT2D eigenvalue weighted by Crippen LogP contribution is -2.27. The van der Waals surface area contributed by atoms with E-state index in [-0.39, 0.29) is 5.92 Å². The van der Waals surface area contributed by atoms with Crippen LogP contribution in [0.5, 0.6) is 0 Å².